The lowest BCUT2D eigenvalue weighted by atomic mass is 9.81. The Kier molecular flexibility index (Phi) is 18.7. The first-order valence-electron chi connectivity index (χ1n) is 26.3. The number of nitrogens with one attached hydrogen (secondary N) is 1. The third-order valence-electron chi connectivity index (χ3n) is 14.7. The average molecular weight is 1190 g/mol. The van der Waals surface area contributed by atoms with Crippen molar-refractivity contribution in [3.05, 3.63) is 161 Å². The van der Waals surface area contributed by atoms with Crippen LogP contribution in [0.1, 0.15) is 75.9 Å². The van der Waals surface area contributed by atoms with Gasteiger partial charge in [0, 0.05) is 112 Å². The lowest BCUT2D eigenvalue weighted by Gasteiger charge is -2.38. The van der Waals surface area contributed by atoms with E-state index in [-0.39, 0.29) is 41.9 Å². The predicted octanol–water partition coefficient (Wildman–Crippen LogP) is 12.0. The number of carbonyl (C=O) groups is 4. The normalized spacial score (nSPS) is 22.5. The number of aliphatic carboxylic acids is 1. The Labute approximate surface area is 492 Å². The number of halogens is 4. The number of amidine groups is 2. The summed E-state index contributed by atoms with van der Waals surface area (Å²) in [7, 11) is 7.06. The molecule has 2 saturated heterocycles. The molecule has 79 heavy (non-hydrogen) atoms. The fourth-order valence-corrected chi connectivity index (χ4v) is 13.9. The molecule has 0 aliphatic carbocycles. The van der Waals surface area contributed by atoms with Crippen molar-refractivity contribution in [2.24, 2.45) is 21.8 Å². The summed E-state index contributed by atoms with van der Waals surface area (Å²) in [4.78, 5) is 74.0. The van der Waals surface area contributed by atoms with Crippen molar-refractivity contribution < 1.29 is 24.3 Å². The van der Waals surface area contributed by atoms with Gasteiger partial charge in [-0.1, -0.05) is 123 Å². The van der Waals surface area contributed by atoms with Crippen LogP contribution in [0, 0.1) is 11.8 Å². The number of carboxylic acid groups (broad SMARTS) is 1. The SMILES string of the molecule is CC(C)C1=C(C(=O)N2CCN(C(=O)N(C)C)CC2)SC2=NC(C)(c3ccc(Cl)cc3)C(c3ccc(Cl)cc3)N21.CC(C)C1=C(C(=O)O)SC2=NC(C)(c3ccc(Cl)cc3)C(c3ccc(Cl)cc3)N21.CN(C)C(=O)N1CCNCC1. The molecule has 4 atom stereocenters. The monoisotopic (exact) mass is 1190 g/mol. The van der Waals surface area contributed by atoms with Crippen molar-refractivity contribution in [2.45, 2.75) is 64.7 Å². The molecule has 4 unspecified atom stereocenters. The summed E-state index contributed by atoms with van der Waals surface area (Å²) >= 11 is 27.4. The molecule has 6 aliphatic heterocycles. The quantitative estimate of drug-likeness (QED) is 0.175. The Balaban J connectivity index is 0.000000179. The lowest BCUT2D eigenvalue weighted by molar-refractivity contribution is -0.132. The summed E-state index contributed by atoms with van der Waals surface area (Å²) in [5, 5.41) is 17.2. The number of rotatable bonds is 8. The van der Waals surface area contributed by atoms with E-state index in [0.717, 1.165) is 65.0 Å². The highest BCUT2D eigenvalue weighted by Gasteiger charge is 2.55. The Hall–Kier alpha value is -5.40. The van der Waals surface area contributed by atoms with E-state index >= 15 is 0 Å². The maximum atomic E-state index is 13.9. The van der Waals surface area contributed by atoms with Gasteiger partial charge in [0.25, 0.3) is 5.91 Å². The third kappa shape index (κ3) is 12.4. The van der Waals surface area contributed by atoms with E-state index in [0.29, 0.717) is 61.2 Å². The zero-order valence-electron chi connectivity index (χ0n) is 46.1. The molecule has 0 spiro atoms. The number of amides is 5. The molecule has 5 amide bonds. The van der Waals surface area contributed by atoms with Gasteiger partial charge in [-0.25, -0.2) is 24.4 Å². The van der Waals surface area contributed by atoms with Crippen LogP contribution in [0.15, 0.2) is 128 Å². The Morgan fingerprint density at radius 2 is 0.873 bits per heavy atom. The van der Waals surface area contributed by atoms with Crippen LogP contribution in [0.2, 0.25) is 20.1 Å². The second-order valence-electron chi connectivity index (χ2n) is 21.4. The Bertz CT molecular complexity index is 3050. The number of benzene rings is 4. The Morgan fingerprint density at radius 1 is 0.544 bits per heavy atom. The molecule has 4 aromatic rings. The molecule has 0 saturated carbocycles. The van der Waals surface area contributed by atoms with Gasteiger partial charge < -0.3 is 44.7 Å². The summed E-state index contributed by atoms with van der Waals surface area (Å²) in [6, 6.07) is 30.9. The molecular weight excluding hydrogens is 1120 g/mol. The zero-order chi connectivity index (χ0) is 57.2. The van der Waals surface area contributed by atoms with Gasteiger partial charge in [-0.2, -0.15) is 0 Å². The van der Waals surface area contributed by atoms with E-state index in [1.165, 1.54) is 23.5 Å². The average Bonchev–Trinajstić information content (AvgIpc) is 3.88. The van der Waals surface area contributed by atoms with Gasteiger partial charge in [-0.05, 0) is 120 Å². The first-order valence-corrected chi connectivity index (χ1v) is 29.4. The smallest absolute Gasteiger partial charge is 0.344 e. The summed E-state index contributed by atoms with van der Waals surface area (Å²) in [5.41, 5.74) is 4.72. The predicted molar refractivity (Wildman–Crippen MR) is 322 cm³/mol. The first kappa shape index (κ1) is 59.7. The molecule has 420 valence electrons. The summed E-state index contributed by atoms with van der Waals surface area (Å²) in [6.07, 6.45) is 0. The van der Waals surface area contributed by atoms with Crippen LogP contribution in [0.25, 0.3) is 0 Å². The number of aliphatic imine (C=N–C) groups is 2. The highest BCUT2D eigenvalue weighted by molar-refractivity contribution is 8.18. The number of urea groups is 2. The van der Waals surface area contributed by atoms with Crippen LogP contribution in [-0.2, 0) is 20.7 Å². The molecule has 10 rings (SSSR count). The van der Waals surface area contributed by atoms with Crippen molar-refractivity contribution >= 4 is 104 Å². The highest BCUT2D eigenvalue weighted by atomic mass is 35.5. The van der Waals surface area contributed by atoms with Gasteiger partial charge in [-0.3, -0.25) is 4.79 Å². The summed E-state index contributed by atoms with van der Waals surface area (Å²) in [6.45, 7) is 18.0. The van der Waals surface area contributed by atoms with Crippen molar-refractivity contribution in [2.75, 3.05) is 80.5 Å². The minimum atomic E-state index is -0.918. The zero-order valence-corrected chi connectivity index (χ0v) is 50.8. The van der Waals surface area contributed by atoms with E-state index in [4.69, 9.17) is 56.4 Å². The molecule has 6 aliphatic rings. The maximum absolute atomic E-state index is 13.9. The highest BCUT2D eigenvalue weighted by Crippen LogP contribution is 2.58. The van der Waals surface area contributed by atoms with Crippen molar-refractivity contribution in [1.82, 2.24) is 39.6 Å². The standard InChI is InChI=1S/C29H33Cl2N5O2S.C22H20Cl2N2O2S.C7H15N3O/c1-18(2)23-24(26(37)34-14-16-35(17-15-34)28(38)33(4)5)39-27-32-29(3,20-8-12-22(31)13-9-20)25(36(23)27)19-6-10-21(30)11-7-19;1-12(2)17-18(20(27)28)29-21-25-22(3,14-6-10-16(24)11-7-14)19(26(17)21)13-4-8-15(23)9-5-13;1-9(2)7(11)10-5-3-8-4-6-10/h6-13,18,25H,14-17H2,1-5H3;4-12,19H,1-3H3,(H,27,28);8H,3-6H2,1-2H3. The van der Waals surface area contributed by atoms with Crippen LogP contribution in [-0.4, -0.2) is 154 Å². The Morgan fingerprint density at radius 3 is 1.23 bits per heavy atom. The van der Waals surface area contributed by atoms with Crippen LogP contribution >= 0.6 is 69.9 Å². The molecular formula is C58H68Cl4N10O5S2. The fraction of sp³-hybridized carbons (Fsp3) is 0.414. The lowest BCUT2D eigenvalue weighted by Crippen LogP contribution is -2.53. The van der Waals surface area contributed by atoms with Crippen LogP contribution in [0.3, 0.4) is 0 Å². The van der Waals surface area contributed by atoms with Gasteiger partial charge in [0.2, 0.25) is 0 Å². The molecule has 21 heteroatoms. The maximum Gasteiger partial charge on any atom is 0.344 e. The summed E-state index contributed by atoms with van der Waals surface area (Å²) < 4.78 is 0. The van der Waals surface area contributed by atoms with E-state index in [2.05, 4.69) is 42.8 Å². The van der Waals surface area contributed by atoms with E-state index < -0.39 is 17.0 Å². The topological polar surface area (TPSA) is 148 Å². The van der Waals surface area contributed by atoms with Crippen LogP contribution in [0.4, 0.5) is 9.59 Å². The number of thioether (sulfide) groups is 2. The van der Waals surface area contributed by atoms with Gasteiger partial charge >= 0.3 is 18.0 Å². The molecule has 0 radical (unpaired) electrons. The van der Waals surface area contributed by atoms with E-state index in [1.54, 1.807) is 42.9 Å². The second kappa shape index (κ2) is 24.8. The van der Waals surface area contributed by atoms with Crippen molar-refractivity contribution in [3.8, 4) is 0 Å². The number of hydrogen-bond donors (Lipinski definition) is 2. The van der Waals surface area contributed by atoms with Crippen LogP contribution in [0.5, 0.6) is 0 Å². The van der Waals surface area contributed by atoms with Crippen molar-refractivity contribution in [1.29, 1.82) is 0 Å². The second-order valence-corrected chi connectivity index (χ2v) is 25.1. The largest absolute Gasteiger partial charge is 0.477 e. The molecule has 0 aromatic heterocycles. The van der Waals surface area contributed by atoms with Gasteiger partial charge in [0.15, 0.2) is 10.3 Å². The van der Waals surface area contributed by atoms with Gasteiger partial charge in [-0.15, -0.1) is 0 Å². The van der Waals surface area contributed by atoms with E-state index in [9.17, 15) is 24.3 Å². The molecule has 2 fully saturated rings. The van der Waals surface area contributed by atoms with Crippen molar-refractivity contribution in [3.63, 3.8) is 0 Å². The fourth-order valence-electron chi connectivity index (χ4n) is 10.8. The minimum Gasteiger partial charge on any atom is -0.477 e. The van der Waals surface area contributed by atoms with Gasteiger partial charge in [0.05, 0.1) is 12.1 Å². The third-order valence-corrected chi connectivity index (χ3v) is 17.8. The van der Waals surface area contributed by atoms with E-state index in [1.807, 2.05) is 121 Å². The number of fused-ring (bicyclic) bond motifs is 2. The molecule has 0 bridgehead atoms. The number of carboxylic acids is 1. The minimum absolute atomic E-state index is 0.000745. The van der Waals surface area contributed by atoms with Crippen LogP contribution < -0.4 is 5.32 Å². The number of piperazine rings is 2. The molecule has 6 heterocycles. The first-order chi connectivity index (χ1) is 37.4. The number of allylic oxidation sites excluding steroid dienone is 2. The molecule has 2 N–H and O–H groups in total. The molecule has 4 aromatic carbocycles. The molecule has 15 nitrogen and oxygen atoms in total. The summed E-state index contributed by atoms with van der Waals surface area (Å²) in [5.74, 6) is -0.800. The van der Waals surface area contributed by atoms with Gasteiger partial charge in [0.1, 0.15) is 20.9 Å². The number of carbonyl (C=O) groups excluding carboxylic acids is 3. The number of nitrogens with zero attached hydrogens (tertiary/aromatic N) is 9. The number of hydrogen-bond acceptors (Lipinski definition) is 11.